The SMILES string of the molecule is CCN(CC)Cc1ccc(CNCc2ccc(C)cc2)cc1. The van der Waals surface area contributed by atoms with Crippen molar-refractivity contribution in [3.8, 4) is 0 Å². The van der Waals surface area contributed by atoms with Crippen molar-refractivity contribution in [3.63, 3.8) is 0 Å². The van der Waals surface area contributed by atoms with Gasteiger partial charge in [-0.15, -0.1) is 0 Å². The molecule has 118 valence electrons. The summed E-state index contributed by atoms with van der Waals surface area (Å²) < 4.78 is 0. The lowest BCUT2D eigenvalue weighted by atomic mass is 10.1. The van der Waals surface area contributed by atoms with Gasteiger partial charge in [0.05, 0.1) is 0 Å². The van der Waals surface area contributed by atoms with E-state index < -0.39 is 0 Å². The Kier molecular flexibility index (Phi) is 6.63. The molecule has 0 fully saturated rings. The number of rotatable bonds is 8. The van der Waals surface area contributed by atoms with Crippen LogP contribution in [0.5, 0.6) is 0 Å². The molecule has 2 nitrogen and oxygen atoms in total. The van der Waals surface area contributed by atoms with E-state index in [4.69, 9.17) is 0 Å². The summed E-state index contributed by atoms with van der Waals surface area (Å²) in [5.41, 5.74) is 5.39. The first-order chi connectivity index (χ1) is 10.7. The molecule has 0 aliphatic carbocycles. The summed E-state index contributed by atoms with van der Waals surface area (Å²) in [4.78, 5) is 2.44. The van der Waals surface area contributed by atoms with Crippen molar-refractivity contribution < 1.29 is 0 Å². The Hall–Kier alpha value is -1.64. The van der Waals surface area contributed by atoms with E-state index in [-0.39, 0.29) is 0 Å². The van der Waals surface area contributed by atoms with Crippen molar-refractivity contribution in [1.82, 2.24) is 10.2 Å². The smallest absolute Gasteiger partial charge is 0.0233 e. The number of hydrogen-bond acceptors (Lipinski definition) is 2. The number of benzene rings is 2. The van der Waals surface area contributed by atoms with Crippen LogP contribution < -0.4 is 5.32 Å². The Morgan fingerprint density at radius 3 is 1.68 bits per heavy atom. The third-order valence-electron chi connectivity index (χ3n) is 4.10. The van der Waals surface area contributed by atoms with Crippen LogP contribution in [0.1, 0.15) is 36.1 Å². The zero-order valence-corrected chi connectivity index (χ0v) is 14.1. The zero-order chi connectivity index (χ0) is 15.8. The zero-order valence-electron chi connectivity index (χ0n) is 14.1. The largest absolute Gasteiger partial charge is 0.309 e. The molecule has 0 heterocycles. The Morgan fingerprint density at radius 1 is 0.727 bits per heavy atom. The molecule has 1 N–H and O–H groups in total. The maximum absolute atomic E-state index is 3.51. The van der Waals surface area contributed by atoms with Gasteiger partial charge >= 0.3 is 0 Å². The lowest BCUT2D eigenvalue weighted by molar-refractivity contribution is 0.296. The van der Waals surface area contributed by atoms with E-state index in [2.05, 4.69) is 79.5 Å². The molecule has 2 aromatic carbocycles. The van der Waals surface area contributed by atoms with Crippen molar-refractivity contribution >= 4 is 0 Å². The average Bonchev–Trinajstić information content (AvgIpc) is 2.56. The molecule has 2 heteroatoms. The third kappa shape index (κ3) is 5.28. The Balaban J connectivity index is 1.80. The summed E-state index contributed by atoms with van der Waals surface area (Å²) >= 11 is 0. The molecule has 0 spiro atoms. The molecular weight excluding hydrogens is 268 g/mol. The minimum atomic E-state index is 0.916. The molecule has 0 aliphatic rings. The quantitative estimate of drug-likeness (QED) is 0.788. The number of aryl methyl sites for hydroxylation is 1. The fraction of sp³-hybridized carbons (Fsp3) is 0.400. The third-order valence-corrected chi connectivity index (χ3v) is 4.10. The van der Waals surface area contributed by atoms with Gasteiger partial charge in [0.1, 0.15) is 0 Å². The highest BCUT2D eigenvalue weighted by molar-refractivity contribution is 5.23. The van der Waals surface area contributed by atoms with E-state index in [1.807, 2.05) is 0 Å². The van der Waals surface area contributed by atoms with Gasteiger partial charge in [0.2, 0.25) is 0 Å². The lowest BCUT2D eigenvalue weighted by Gasteiger charge is -2.18. The number of hydrogen-bond donors (Lipinski definition) is 1. The molecule has 2 aromatic rings. The van der Waals surface area contributed by atoms with E-state index in [1.165, 1.54) is 22.3 Å². The lowest BCUT2D eigenvalue weighted by Crippen LogP contribution is -2.22. The van der Waals surface area contributed by atoms with Gasteiger partial charge < -0.3 is 5.32 Å². The van der Waals surface area contributed by atoms with Crippen LogP contribution >= 0.6 is 0 Å². The second-order valence-electron chi connectivity index (χ2n) is 5.87. The molecule has 0 bridgehead atoms. The minimum absolute atomic E-state index is 0.916. The average molecular weight is 296 g/mol. The van der Waals surface area contributed by atoms with Crippen molar-refractivity contribution in [2.75, 3.05) is 13.1 Å². The molecular formula is C20H28N2. The summed E-state index contributed by atoms with van der Waals surface area (Å²) in [6.45, 7) is 11.6. The molecule has 2 rings (SSSR count). The van der Waals surface area contributed by atoms with Crippen LogP contribution in [0.25, 0.3) is 0 Å². The van der Waals surface area contributed by atoms with Crippen LogP contribution in [0.3, 0.4) is 0 Å². The highest BCUT2D eigenvalue weighted by Crippen LogP contribution is 2.08. The topological polar surface area (TPSA) is 15.3 Å². The first-order valence-electron chi connectivity index (χ1n) is 8.27. The van der Waals surface area contributed by atoms with Crippen LogP contribution in [0.4, 0.5) is 0 Å². The van der Waals surface area contributed by atoms with E-state index >= 15 is 0 Å². The monoisotopic (exact) mass is 296 g/mol. The van der Waals surface area contributed by atoms with E-state index in [0.29, 0.717) is 0 Å². The van der Waals surface area contributed by atoms with Gasteiger partial charge in [-0.1, -0.05) is 67.9 Å². The van der Waals surface area contributed by atoms with Crippen molar-refractivity contribution in [2.45, 2.75) is 40.4 Å². The summed E-state index contributed by atoms with van der Waals surface area (Å²) in [6.07, 6.45) is 0. The molecule has 0 aliphatic heterocycles. The van der Waals surface area contributed by atoms with E-state index in [9.17, 15) is 0 Å². The first kappa shape index (κ1) is 16.7. The molecule has 0 amide bonds. The van der Waals surface area contributed by atoms with Gasteiger partial charge in [-0.05, 0) is 36.7 Å². The first-order valence-corrected chi connectivity index (χ1v) is 8.27. The standard InChI is InChI=1S/C20H28N2/c1-4-22(5-2)16-20-12-10-19(11-13-20)15-21-14-18-8-6-17(3)7-9-18/h6-13,21H,4-5,14-16H2,1-3H3. The second-order valence-corrected chi connectivity index (χ2v) is 5.87. The molecule has 0 radical (unpaired) electrons. The Labute approximate surface area is 135 Å². The molecule has 0 unspecified atom stereocenters. The van der Waals surface area contributed by atoms with Crippen molar-refractivity contribution in [1.29, 1.82) is 0 Å². The van der Waals surface area contributed by atoms with Gasteiger partial charge in [-0.3, -0.25) is 4.90 Å². The van der Waals surface area contributed by atoms with Crippen LogP contribution in [0, 0.1) is 6.92 Å². The summed E-state index contributed by atoms with van der Waals surface area (Å²) in [7, 11) is 0. The predicted molar refractivity (Wildman–Crippen MR) is 94.8 cm³/mol. The van der Waals surface area contributed by atoms with Crippen LogP contribution in [0.15, 0.2) is 48.5 Å². The van der Waals surface area contributed by atoms with E-state index in [1.54, 1.807) is 0 Å². The van der Waals surface area contributed by atoms with Gasteiger partial charge in [0, 0.05) is 19.6 Å². The van der Waals surface area contributed by atoms with Gasteiger partial charge in [-0.25, -0.2) is 0 Å². The van der Waals surface area contributed by atoms with Gasteiger partial charge in [0.15, 0.2) is 0 Å². The Morgan fingerprint density at radius 2 is 1.18 bits per heavy atom. The summed E-state index contributed by atoms with van der Waals surface area (Å²) in [5, 5.41) is 3.51. The van der Waals surface area contributed by atoms with Crippen molar-refractivity contribution in [2.24, 2.45) is 0 Å². The second kappa shape index (κ2) is 8.72. The van der Waals surface area contributed by atoms with Crippen LogP contribution in [0.2, 0.25) is 0 Å². The van der Waals surface area contributed by atoms with E-state index in [0.717, 1.165) is 32.7 Å². The fourth-order valence-corrected chi connectivity index (χ4v) is 2.53. The molecule has 0 saturated heterocycles. The predicted octanol–water partition coefficient (Wildman–Crippen LogP) is 4.13. The summed E-state index contributed by atoms with van der Waals surface area (Å²) in [6, 6.07) is 17.7. The van der Waals surface area contributed by atoms with Crippen LogP contribution in [-0.2, 0) is 19.6 Å². The van der Waals surface area contributed by atoms with Gasteiger partial charge in [0.25, 0.3) is 0 Å². The summed E-state index contributed by atoms with van der Waals surface area (Å²) in [5.74, 6) is 0. The molecule has 0 atom stereocenters. The Bertz CT molecular complexity index is 539. The molecule has 0 aromatic heterocycles. The minimum Gasteiger partial charge on any atom is -0.309 e. The highest BCUT2D eigenvalue weighted by atomic mass is 15.1. The van der Waals surface area contributed by atoms with Crippen LogP contribution in [-0.4, -0.2) is 18.0 Å². The number of nitrogens with zero attached hydrogens (tertiary/aromatic N) is 1. The van der Waals surface area contributed by atoms with Gasteiger partial charge in [-0.2, -0.15) is 0 Å². The normalized spacial score (nSPS) is 11.1. The number of nitrogens with one attached hydrogen (secondary N) is 1. The van der Waals surface area contributed by atoms with Crippen molar-refractivity contribution in [3.05, 3.63) is 70.8 Å². The maximum Gasteiger partial charge on any atom is 0.0233 e. The highest BCUT2D eigenvalue weighted by Gasteiger charge is 2.01. The fourth-order valence-electron chi connectivity index (χ4n) is 2.53. The molecule has 0 saturated carbocycles. The maximum atomic E-state index is 3.51. The molecule has 22 heavy (non-hydrogen) atoms.